The lowest BCUT2D eigenvalue weighted by Crippen LogP contribution is -2.44. The van der Waals surface area contributed by atoms with E-state index in [1.54, 1.807) is 13.8 Å². The highest BCUT2D eigenvalue weighted by atomic mass is 35.5. The predicted octanol–water partition coefficient (Wildman–Crippen LogP) is 2.54. The Morgan fingerprint density at radius 3 is 2.70 bits per heavy atom. The topological polar surface area (TPSA) is 80.6 Å². The van der Waals surface area contributed by atoms with Crippen LogP contribution >= 0.6 is 23.7 Å². The van der Waals surface area contributed by atoms with E-state index in [4.69, 9.17) is 4.74 Å². The Labute approximate surface area is 199 Å². The number of carbonyl (C=O) groups is 1. The van der Waals surface area contributed by atoms with Crippen molar-refractivity contribution < 1.29 is 18.3 Å². The molecule has 2 aromatic heterocycles. The minimum absolute atomic E-state index is 0. The zero-order valence-electron chi connectivity index (χ0n) is 18.2. The van der Waals surface area contributed by atoms with Crippen molar-refractivity contribution in [2.45, 2.75) is 20.4 Å². The third-order valence-electron chi connectivity index (χ3n) is 5.50. The number of carbonyl (C=O) groups excluding carboxylic acids is 1. The first-order chi connectivity index (χ1) is 15.3. The van der Waals surface area contributed by atoms with Crippen LogP contribution in [-0.2, 0) is 16.1 Å². The average Bonchev–Trinajstić information content (AvgIpc) is 3.19. The molecule has 0 aliphatic carbocycles. The largest absolute Gasteiger partial charge is 0.379 e. The molecule has 8 nitrogen and oxygen atoms in total. The molecule has 3 heterocycles. The first-order valence-corrected chi connectivity index (χ1v) is 11.0. The Bertz CT molecular complexity index is 1210. The van der Waals surface area contributed by atoms with E-state index < -0.39 is 11.6 Å². The summed E-state index contributed by atoms with van der Waals surface area (Å²) in [5.74, 6) is -1.87. The Morgan fingerprint density at radius 2 is 1.97 bits per heavy atom. The number of anilines is 1. The molecule has 0 N–H and O–H groups in total. The predicted molar refractivity (Wildman–Crippen MR) is 124 cm³/mol. The van der Waals surface area contributed by atoms with Crippen molar-refractivity contribution in [1.82, 2.24) is 19.4 Å². The number of rotatable bonds is 6. The lowest BCUT2D eigenvalue weighted by atomic mass is 10.3. The third-order valence-corrected chi connectivity index (χ3v) is 6.52. The van der Waals surface area contributed by atoms with E-state index in [0.29, 0.717) is 35.7 Å². The number of benzene rings is 1. The molecule has 0 spiro atoms. The maximum absolute atomic E-state index is 14.2. The summed E-state index contributed by atoms with van der Waals surface area (Å²) in [5.41, 5.74) is 0.793. The molecule has 0 radical (unpaired) electrons. The molecule has 0 bridgehead atoms. The number of aromatic nitrogens is 3. The van der Waals surface area contributed by atoms with Crippen molar-refractivity contribution in [2.24, 2.45) is 0 Å². The first-order valence-electron chi connectivity index (χ1n) is 10.2. The van der Waals surface area contributed by atoms with Gasteiger partial charge in [0.2, 0.25) is 5.91 Å². The lowest BCUT2D eigenvalue weighted by molar-refractivity contribution is -0.119. The second-order valence-corrected chi connectivity index (χ2v) is 8.63. The number of fused-ring (bicyclic) bond motifs is 1. The molecule has 0 unspecified atom stereocenters. The summed E-state index contributed by atoms with van der Waals surface area (Å²) in [5, 5.41) is 0.257. The van der Waals surface area contributed by atoms with Gasteiger partial charge in [-0.15, -0.1) is 12.4 Å². The SMILES string of the molecule is Cc1ncn(CC(=O)N(CCN2CCOCC2)c2nc3c(F)cc(F)cc3s2)c(=O)c1C.Cl. The summed E-state index contributed by atoms with van der Waals surface area (Å²) in [7, 11) is 0. The average molecular weight is 500 g/mol. The number of ether oxygens (including phenoxy) is 1. The molecular weight excluding hydrogens is 476 g/mol. The van der Waals surface area contributed by atoms with Gasteiger partial charge >= 0.3 is 0 Å². The number of aryl methyl sites for hydroxylation is 1. The maximum atomic E-state index is 14.2. The monoisotopic (exact) mass is 499 g/mol. The van der Waals surface area contributed by atoms with Gasteiger partial charge in [-0.3, -0.25) is 24.0 Å². The molecular formula is C21H24ClF2N5O3S. The number of amides is 1. The Morgan fingerprint density at radius 1 is 1.24 bits per heavy atom. The number of halogens is 3. The number of nitrogens with zero attached hydrogens (tertiary/aromatic N) is 5. The van der Waals surface area contributed by atoms with Gasteiger partial charge in [0.15, 0.2) is 10.9 Å². The summed E-state index contributed by atoms with van der Waals surface area (Å²) in [6, 6.07) is 1.97. The second-order valence-electron chi connectivity index (χ2n) is 7.62. The van der Waals surface area contributed by atoms with Crippen molar-refractivity contribution in [3.05, 3.63) is 51.7 Å². The molecule has 1 aliphatic rings. The van der Waals surface area contributed by atoms with Crippen molar-refractivity contribution in [3.8, 4) is 0 Å². The van der Waals surface area contributed by atoms with E-state index in [-0.39, 0.29) is 47.6 Å². The third kappa shape index (κ3) is 5.55. The fourth-order valence-corrected chi connectivity index (χ4v) is 4.52. The molecule has 178 valence electrons. The molecule has 1 aliphatic heterocycles. The molecule has 3 aromatic rings. The highest BCUT2D eigenvalue weighted by Gasteiger charge is 2.23. The van der Waals surface area contributed by atoms with Gasteiger partial charge in [-0.05, 0) is 19.9 Å². The second kappa shape index (κ2) is 10.6. The van der Waals surface area contributed by atoms with E-state index >= 15 is 0 Å². The van der Waals surface area contributed by atoms with E-state index in [9.17, 15) is 18.4 Å². The number of hydrogen-bond acceptors (Lipinski definition) is 7. The summed E-state index contributed by atoms with van der Waals surface area (Å²) in [6.45, 7) is 6.71. The van der Waals surface area contributed by atoms with Crippen LogP contribution in [0, 0.1) is 25.5 Å². The number of thiazole rings is 1. The van der Waals surface area contributed by atoms with Gasteiger partial charge in [-0.2, -0.15) is 0 Å². The summed E-state index contributed by atoms with van der Waals surface area (Å²) in [4.78, 5) is 37.8. The van der Waals surface area contributed by atoms with Crippen LogP contribution in [0.25, 0.3) is 10.2 Å². The Hall–Kier alpha value is -2.47. The van der Waals surface area contributed by atoms with Gasteiger partial charge in [0.05, 0.1) is 24.2 Å². The minimum Gasteiger partial charge on any atom is -0.379 e. The van der Waals surface area contributed by atoms with Crippen molar-refractivity contribution in [2.75, 3.05) is 44.3 Å². The van der Waals surface area contributed by atoms with Gasteiger partial charge in [-0.1, -0.05) is 11.3 Å². The summed E-state index contributed by atoms with van der Waals surface area (Å²) < 4.78 is 34.8. The Balaban J connectivity index is 0.00000306. The molecule has 4 rings (SSSR count). The Kier molecular flexibility index (Phi) is 8.11. The highest BCUT2D eigenvalue weighted by Crippen LogP contribution is 2.31. The van der Waals surface area contributed by atoms with Crippen LogP contribution in [0.5, 0.6) is 0 Å². The number of morpholine rings is 1. The van der Waals surface area contributed by atoms with Gasteiger partial charge in [0, 0.05) is 43.5 Å². The normalized spacial score (nSPS) is 14.3. The van der Waals surface area contributed by atoms with Crippen LogP contribution in [0.4, 0.5) is 13.9 Å². The van der Waals surface area contributed by atoms with Gasteiger partial charge < -0.3 is 4.74 Å². The van der Waals surface area contributed by atoms with E-state index in [1.807, 2.05) is 0 Å². The molecule has 1 fully saturated rings. The zero-order valence-corrected chi connectivity index (χ0v) is 19.8. The fourth-order valence-electron chi connectivity index (χ4n) is 3.47. The first kappa shape index (κ1) is 25.2. The maximum Gasteiger partial charge on any atom is 0.256 e. The molecule has 0 saturated carbocycles. The van der Waals surface area contributed by atoms with Crippen molar-refractivity contribution >= 4 is 45.0 Å². The summed E-state index contributed by atoms with van der Waals surface area (Å²) in [6.07, 6.45) is 1.34. The van der Waals surface area contributed by atoms with Crippen LogP contribution < -0.4 is 10.5 Å². The van der Waals surface area contributed by atoms with Crippen molar-refractivity contribution in [3.63, 3.8) is 0 Å². The minimum atomic E-state index is -0.780. The molecule has 1 amide bonds. The zero-order chi connectivity index (χ0) is 22.8. The lowest BCUT2D eigenvalue weighted by Gasteiger charge is -2.29. The van der Waals surface area contributed by atoms with Crippen LogP contribution in [-0.4, -0.2) is 64.7 Å². The van der Waals surface area contributed by atoms with E-state index in [2.05, 4.69) is 14.9 Å². The molecule has 1 aromatic carbocycles. The summed E-state index contributed by atoms with van der Waals surface area (Å²) >= 11 is 1.04. The molecule has 0 atom stereocenters. The van der Waals surface area contributed by atoms with Crippen LogP contribution in [0.3, 0.4) is 0 Å². The fraction of sp³-hybridized carbons (Fsp3) is 0.429. The van der Waals surface area contributed by atoms with Crippen LogP contribution in [0.15, 0.2) is 23.3 Å². The molecule has 1 saturated heterocycles. The highest BCUT2D eigenvalue weighted by molar-refractivity contribution is 7.22. The van der Waals surface area contributed by atoms with Gasteiger partial charge in [-0.25, -0.2) is 18.7 Å². The molecule has 33 heavy (non-hydrogen) atoms. The van der Waals surface area contributed by atoms with E-state index in [1.165, 1.54) is 21.9 Å². The van der Waals surface area contributed by atoms with Gasteiger partial charge in [0.25, 0.3) is 5.56 Å². The quantitative estimate of drug-likeness (QED) is 0.518. The van der Waals surface area contributed by atoms with Crippen LogP contribution in [0.1, 0.15) is 11.3 Å². The smallest absolute Gasteiger partial charge is 0.256 e. The number of hydrogen-bond donors (Lipinski definition) is 0. The van der Waals surface area contributed by atoms with Crippen LogP contribution in [0.2, 0.25) is 0 Å². The molecule has 12 heteroatoms. The van der Waals surface area contributed by atoms with E-state index in [0.717, 1.165) is 30.5 Å². The van der Waals surface area contributed by atoms with Gasteiger partial charge in [0.1, 0.15) is 17.9 Å². The standard InChI is InChI=1S/C21H23F2N5O3S.ClH/c1-13-14(2)24-12-27(20(13)30)11-18(29)28(4-3-26-5-7-31-8-6-26)21-25-19-16(23)9-15(22)10-17(19)32-21;/h9-10,12H,3-8,11H2,1-2H3;1H. The van der Waals surface area contributed by atoms with Crippen molar-refractivity contribution in [1.29, 1.82) is 0 Å².